The van der Waals surface area contributed by atoms with Crippen LogP contribution in [0.25, 0.3) is 0 Å². The molecule has 0 bridgehead atoms. The molecule has 1 atom stereocenters. The number of carbonyl (C=O) groups excluding carboxylic acids is 1. The van der Waals surface area contributed by atoms with Crippen LogP contribution in [0.3, 0.4) is 0 Å². The minimum Gasteiger partial charge on any atom is -0.454 e. The number of hydrogen-bond acceptors (Lipinski definition) is 5. The molecule has 7 heteroatoms. The van der Waals surface area contributed by atoms with E-state index in [0.717, 1.165) is 32.7 Å². The number of carbonyl (C=O) groups is 1. The van der Waals surface area contributed by atoms with E-state index in [1.54, 1.807) is 30.5 Å². The van der Waals surface area contributed by atoms with Crippen molar-refractivity contribution < 1.29 is 13.9 Å². The summed E-state index contributed by atoms with van der Waals surface area (Å²) >= 11 is 0. The number of nitrogens with zero attached hydrogens (tertiary/aromatic N) is 2. The molecule has 28 heavy (non-hydrogen) atoms. The van der Waals surface area contributed by atoms with Crippen LogP contribution in [0, 0.1) is 5.92 Å². The van der Waals surface area contributed by atoms with E-state index in [4.69, 9.17) is 9.15 Å². The molecule has 1 aliphatic rings. The van der Waals surface area contributed by atoms with Gasteiger partial charge in [0.05, 0.1) is 19.8 Å². The molecular formula is C21H29N3O4. The highest BCUT2D eigenvalue weighted by Crippen LogP contribution is 2.14. The Balaban J connectivity index is 1.58. The molecular weight excluding hydrogens is 358 g/mol. The number of pyridine rings is 1. The number of hydrogen-bond donors (Lipinski definition) is 1. The standard InChI is InChI=1S/C21H29N3O4/c1-16(2)13-17(23-9-11-27-12-10-23)14-22-21(26)19-7-6-18(28-19)15-24-8-4-3-5-20(24)25/h3-8,16-17H,9-15H2,1-2H3,(H,22,26). The second-order valence-corrected chi connectivity index (χ2v) is 7.57. The van der Waals surface area contributed by atoms with Crippen LogP contribution in [-0.4, -0.2) is 54.3 Å². The van der Waals surface area contributed by atoms with Crippen LogP contribution in [-0.2, 0) is 11.3 Å². The molecule has 1 amide bonds. The quantitative estimate of drug-likeness (QED) is 0.749. The molecule has 0 aromatic carbocycles. The minimum absolute atomic E-state index is 0.105. The smallest absolute Gasteiger partial charge is 0.287 e. The summed E-state index contributed by atoms with van der Waals surface area (Å²) in [6.45, 7) is 8.53. The van der Waals surface area contributed by atoms with E-state index in [1.165, 1.54) is 10.6 Å². The molecule has 2 aromatic rings. The third kappa shape index (κ3) is 5.56. The molecule has 7 nitrogen and oxygen atoms in total. The van der Waals surface area contributed by atoms with Crippen LogP contribution in [0.1, 0.15) is 36.6 Å². The van der Waals surface area contributed by atoms with Crippen molar-refractivity contribution in [3.8, 4) is 0 Å². The predicted octanol–water partition coefficient (Wildman–Crippen LogP) is 1.97. The van der Waals surface area contributed by atoms with Crippen LogP contribution in [0.15, 0.2) is 45.7 Å². The Bertz CT molecular complexity index is 821. The lowest BCUT2D eigenvalue weighted by Crippen LogP contribution is -2.49. The molecule has 152 valence electrons. The predicted molar refractivity (Wildman–Crippen MR) is 106 cm³/mol. The normalized spacial score (nSPS) is 16.2. The number of morpholine rings is 1. The highest BCUT2D eigenvalue weighted by Gasteiger charge is 2.23. The fraction of sp³-hybridized carbons (Fsp3) is 0.524. The number of rotatable bonds is 8. The SMILES string of the molecule is CC(C)CC(CNC(=O)c1ccc(Cn2ccccc2=O)o1)N1CCOCC1. The summed E-state index contributed by atoms with van der Waals surface area (Å²) in [6, 6.07) is 8.66. The maximum Gasteiger partial charge on any atom is 0.287 e. The maximum absolute atomic E-state index is 12.5. The van der Waals surface area contributed by atoms with Crippen molar-refractivity contribution in [2.45, 2.75) is 32.9 Å². The molecule has 2 aromatic heterocycles. The summed E-state index contributed by atoms with van der Waals surface area (Å²) in [5, 5.41) is 3.01. The van der Waals surface area contributed by atoms with E-state index >= 15 is 0 Å². The van der Waals surface area contributed by atoms with Gasteiger partial charge in [0.25, 0.3) is 11.5 Å². The molecule has 0 spiro atoms. The Morgan fingerprint density at radius 2 is 1.96 bits per heavy atom. The summed E-state index contributed by atoms with van der Waals surface area (Å²) in [4.78, 5) is 26.7. The number of aromatic nitrogens is 1. The third-order valence-corrected chi connectivity index (χ3v) is 4.91. The molecule has 0 radical (unpaired) electrons. The zero-order valence-corrected chi connectivity index (χ0v) is 16.6. The second kappa shape index (κ2) is 9.71. The van der Waals surface area contributed by atoms with Crippen LogP contribution < -0.4 is 10.9 Å². The Kier molecular flexibility index (Phi) is 7.06. The third-order valence-electron chi connectivity index (χ3n) is 4.91. The first-order chi connectivity index (χ1) is 13.5. The van der Waals surface area contributed by atoms with Gasteiger partial charge in [0.2, 0.25) is 0 Å². The Labute approximate surface area is 165 Å². The lowest BCUT2D eigenvalue weighted by Gasteiger charge is -2.35. The van der Waals surface area contributed by atoms with Gasteiger partial charge in [0.1, 0.15) is 5.76 Å². The largest absolute Gasteiger partial charge is 0.454 e. The first-order valence-corrected chi connectivity index (χ1v) is 9.87. The molecule has 1 unspecified atom stereocenters. The van der Waals surface area contributed by atoms with Gasteiger partial charge in [-0.1, -0.05) is 19.9 Å². The van der Waals surface area contributed by atoms with E-state index in [-0.39, 0.29) is 23.3 Å². The molecule has 1 fully saturated rings. The minimum atomic E-state index is -0.228. The van der Waals surface area contributed by atoms with Crippen LogP contribution >= 0.6 is 0 Å². The van der Waals surface area contributed by atoms with Crippen LogP contribution in [0.2, 0.25) is 0 Å². The van der Waals surface area contributed by atoms with Gasteiger partial charge >= 0.3 is 0 Å². The Morgan fingerprint density at radius 3 is 2.68 bits per heavy atom. The lowest BCUT2D eigenvalue weighted by molar-refractivity contribution is 0.0124. The van der Waals surface area contributed by atoms with E-state index in [0.29, 0.717) is 24.8 Å². The zero-order chi connectivity index (χ0) is 19.9. The van der Waals surface area contributed by atoms with E-state index in [1.807, 2.05) is 0 Å². The van der Waals surface area contributed by atoms with Crippen molar-refractivity contribution in [2.24, 2.45) is 5.92 Å². The van der Waals surface area contributed by atoms with Crippen molar-refractivity contribution in [2.75, 3.05) is 32.8 Å². The molecule has 3 heterocycles. The number of amides is 1. The summed E-state index contributed by atoms with van der Waals surface area (Å²) < 4.78 is 12.6. The summed E-state index contributed by atoms with van der Waals surface area (Å²) in [6.07, 6.45) is 2.71. The molecule has 1 aliphatic heterocycles. The van der Waals surface area contributed by atoms with Gasteiger partial charge in [0, 0.05) is 37.9 Å². The fourth-order valence-electron chi connectivity index (χ4n) is 3.49. The lowest BCUT2D eigenvalue weighted by atomic mass is 10.0. The van der Waals surface area contributed by atoms with Gasteiger partial charge in [-0.2, -0.15) is 0 Å². The molecule has 3 rings (SSSR count). The average Bonchev–Trinajstić information content (AvgIpc) is 3.16. The van der Waals surface area contributed by atoms with Gasteiger partial charge in [-0.25, -0.2) is 0 Å². The highest BCUT2D eigenvalue weighted by molar-refractivity contribution is 5.91. The van der Waals surface area contributed by atoms with Gasteiger partial charge in [-0.3, -0.25) is 14.5 Å². The van der Waals surface area contributed by atoms with Crippen LogP contribution in [0.5, 0.6) is 0 Å². The number of furan rings is 1. The highest BCUT2D eigenvalue weighted by atomic mass is 16.5. The van der Waals surface area contributed by atoms with Gasteiger partial charge < -0.3 is 19.0 Å². The van der Waals surface area contributed by atoms with Crippen molar-refractivity contribution in [1.82, 2.24) is 14.8 Å². The Hall–Kier alpha value is -2.38. The van der Waals surface area contributed by atoms with E-state index < -0.39 is 0 Å². The van der Waals surface area contributed by atoms with E-state index in [9.17, 15) is 9.59 Å². The van der Waals surface area contributed by atoms with Gasteiger partial charge in [0.15, 0.2) is 5.76 Å². The van der Waals surface area contributed by atoms with Crippen molar-refractivity contribution in [3.63, 3.8) is 0 Å². The first-order valence-electron chi connectivity index (χ1n) is 9.87. The summed E-state index contributed by atoms with van der Waals surface area (Å²) in [7, 11) is 0. The second-order valence-electron chi connectivity index (χ2n) is 7.57. The fourth-order valence-corrected chi connectivity index (χ4v) is 3.49. The number of ether oxygens (including phenoxy) is 1. The molecule has 1 saturated heterocycles. The van der Waals surface area contributed by atoms with Crippen molar-refractivity contribution in [3.05, 3.63) is 58.4 Å². The first kappa shape index (κ1) is 20.4. The zero-order valence-electron chi connectivity index (χ0n) is 16.6. The maximum atomic E-state index is 12.5. The van der Waals surface area contributed by atoms with Gasteiger partial charge in [-0.15, -0.1) is 0 Å². The Morgan fingerprint density at radius 1 is 1.18 bits per heavy atom. The molecule has 0 saturated carbocycles. The molecule has 0 aliphatic carbocycles. The van der Waals surface area contributed by atoms with Crippen molar-refractivity contribution >= 4 is 5.91 Å². The summed E-state index contributed by atoms with van der Waals surface area (Å²) in [5.41, 5.74) is -0.105. The number of nitrogens with one attached hydrogen (secondary N) is 1. The van der Waals surface area contributed by atoms with Gasteiger partial charge in [-0.05, 0) is 30.5 Å². The van der Waals surface area contributed by atoms with Crippen LogP contribution in [0.4, 0.5) is 0 Å². The average molecular weight is 387 g/mol. The molecule has 1 N–H and O–H groups in total. The summed E-state index contributed by atoms with van der Waals surface area (Å²) in [5.74, 6) is 1.16. The topological polar surface area (TPSA) is 76.7 Å². The van der Waals surface area contributed by atoms with E-state index in [2.05, 4.69) is 24.1 Å². The monoisotopic (exact) mass is 387 g/mol. The van der Waals surface area contributed by atoms with Crippen molar-refractivity contribution in [1.29, 1.82) is 0 Å².